The number of urea groups is 1. The zero-order valence-electron chi connectivity index (χ0n) is 11.0. The van der Waals surface area contributed by atoms with Gasteiger partial charge in [0.25, 0.3) is 0 Å². The van der Waals surface area contributed by atoms with Crippen LogP contribution in [-0.2, 0) is 4.79 Å². The molecule has 5 heteroatoms. The molecule has 2 saturated carbocycles. The highest BCUT2D eigenvalue weighted by Gasteiger charge is 2.36. The molecule has 2 aliphatic rings. The minimum absolute atomic E-state index is 0.0886. The first-order valence-electron chi connectivity index (χ1n) is 6.89. The lowest BCUT2D eigenvalue weighted by Crippen LogP contribution is -2.48. The van der Waals surface area contributed by atoms with Crippen LogP contribution in [0.1, 0.15) is 39.0 Å². The Kier molecular flexibility index (Phi) is 4.09. The van der Waals surface area contributed by atoms with Gasteiger partial charge in [-0.15, -0.1) is 0 Å². The van der Waals surface area contributed by atoms with E-state index in [-0.39, 0.29) is 18.6 Å². The maximum Gasteiger partial charge on any atom is 0.323 e. The summed E-state index contributed by atoms with van der Waals surface area (Å²) in [5, 5.41) is 8.89. The summed E-state index contributed by atoms with van der Waals surface area (Å²) in [5.41, 5.74) is 0. The molecule has 2 rings (SSSR count). The predicted octanol–water partition coefficient (Wildman–Crippen LogP) is 1.78. The van der Waals surface area contributed by atoms with Gasteiger partial charge in [-0.05, 0) is 38.5 Å². The molecule has 5 nitrogen and oxygen atoms in total. The molecule has 0 aliphatic heterocycles. The van der Waals surface area contributed by atoms with E-state index in [2.05, 4.69) is 0 Å². The molecule has 102 valence electrons. The van der Waals surface area contributed by atoms with Crippen LogP contribution in [0.5, 0.6) is 0 Å². The van der Waals surface area contributed by atoms with Crippen LogP contribution >= 0.6 is 0 Å². The highest BCUT2D eigenvalue weighted by Crippen LogP contribution is 2.30. The van der Waals surface area contributed by atoms with Crippen LogP contribution in [0.15, 0.2) is 0 Å². The van der Waals surface area contributed by atoms with E-state index in [0.29, 0.717) is 12.5 Å². The number of amides is 2. The minimum atomic E-state index is -0.921. The fourth-order valence-corrected chi connectivity index (χ4v) is 2.40. The fraction of sp³-hybridized carbons (Fsp3) is 0.846. The van der Waals surface area contributed by atoms with Crippen molar-refractivity contribution in [2.75, 3.05) is 19.6 Å². The van der Waals surface area contributed by atoms with Crippen LogP contribution in [0.3, 0.4) is 0 Å². The number of carbonyl (C=O) groups is 2. The number of nitrogens with zero attached hydrogens (tertiary/aromatic N) is 2. The lowest BCUT2D eigenvalue weighted by molar-refractivity contribution is -0.137. The number of hydrogen-bond donors (Lipinski definition) is 1. The second-order valence-electron chi connectivity index (χ2n) is 5.37. The third kappa shape index (κ3) is 3.15. The van der Waals surface area contributed by atoms with Crippen molar-refractivity contribution in [3.63, 3.8) is 0 Å². The highest BCUT2D eigenvalue weighted by atomic mass is 16.4. The molecule has 0 aromatic rings. The predicted molar refractivity (Wildman–Crippen MR) is 67.3 cm³/mol. The van der Waals surface area contributed by atoms with Gasteiger partial charge < -0.3 is 14.9 Å². The van der Waals surface area contributed by atoms with Crippen molar-refractivity contribution < 1.29 is 14.7 Å². The standard InChI is InChI=1S/C13H22N2O3/c1-2-14(8-10-4-3-5-10)13(18)15(9-12(16)17)11-6-7-11/h10-11H,2-9H2,1H3,(H,16,17). The summed E-state index contributed by atoms with van der Waals surface area (Å²) in [6, 6.07) is 0.0679. The molecule has 0 atom stereocenters. The lowest BCUT2D eigenvalue weighted by atomic mass is 9.85. The molecule has 2 fully saturated rings. The molecule has 0 aromatic heterocycles. The van der Waals surface area contributed by atoms with Gasteiger partial charge in [0.05, 0.1) is 0 Å². The molecular weight excluding hydrogens is 232 g/mol. The van der Waals surface area contributed by atoms with Crippen LogP contribution in [0.2, 0.25) is 0 Å². The van der Waals surface area contributed by atoms with Gasteiger partial charge in [-0.3, -0.25) is 4.79 Å². The Balaban J connectivity index is 1.93. The van der Waals surface area contributed by atoms with E-state index in [9.17, 15) is 9.59 Å². The molecule has 18 heavy (non-hydrogen) atoms. The van der Waals surface area contributed by atoms with Gasteiger partial charge in [-0.2, -0.15) is 0 Å². The van der Waals surface area contributed by atoms with E-state index in [0.717, 1.165) is 19.4 Å². The van der Waals surface area contributed by atoms with E-state index in [1.165, 1.54) is 24.2 Å². The smallest absolute Gasteiger partial charge is 0.323 e. The quantitative estimate of drug-likeness (QED) is 0.786. The normalized spacial score (nSPS) is 19.2. The van der Waals surface area contributed by atoms with E-state index in [1.807, 2.05) is 11.8 Å². The van der Waals surface area contributed by atoms with Crippen molar-refractivity contribution >= 4 is 12.0 Å². The molecule has 0 unspecified atom stereocenters. The highest BCUT2D eigenvalue weighted by molar-refractivity contribution is 5.80. The number of carboxylic acid groups (broad SMARTS) is 1. The topological polar surface area (TPSA) is 60.9 Å². The minimum Gasteiger partial charge on any atom is -0.480 e. The third-order valence-electron chi connectivity index (χ3n) is 3.89. The van der Waals surface area contributed by atoms with Gasteiger partial charge in [-0.25, -0.2) is 4.79 Å². The lowest BCUT2D eigenvalue weighted by Gasteiger charge is -2.34. The van der Waals surface area contributed by atoms with Crippen LogP contribution < -0.4 is 0 Å². The average Bonchev–Trinajstić information content (AvgIpc) is 3.07. The first-order chi connectivity index (χ1) is 8.61. The van der Waals surface area contributed by atoms with E-state index in [1.54, 1.807) is 0 Å². The molecular formula is C13H22N2O3. The zero-order chi connectivity index (χ0) is 13.1. The Morgan fingerprint density at radius 3 is 2.28 bits per heavy atom. The molecule has 2 amide bonds. The number of aliphatic carboxylic acids is 1. The molecule has 2 aliphatic carbocycles. The molecule has 0 spiro atoms. The summed E-state index contributed by atoms with van der Waals surface area (Å²) in [6.45, 7) is 3.25. The monoisotopic (exact) mass is 254 g/mol. The van der Waals surface area contributed by atoms with E-state index in [4.69, 9.17) is 5.11 Å². The van der Waals surface area contributed by atoms with Crippen molar-refractivity contribution in [3.8, 4) is 0 Å². The average molecular weight is 254 g/mol. The summed E-state index contributed by atoms with van der Waals surface area (Å²) < 4.78 is 0. The summed E-state index contributed by atoms with van der Waals surface area (Å²) in [7, 11) is 0. The van der Waals surface area contributed by atoms with Crippen molar-refractivity contribution in [3.05, 3.63) is 0 Å². The van der Waals surface area contributed by atoms with Crippen LogP contribution in [-0.4, -0.2) is 52.6 Å². The maximum atomic E-state index is 12.4. The molecule has 1 N–H and O–H groups in total. The number of carboxylic acids is 1. The second kappa shape index (κ2) is 5.59. The van der Waals surface area contributed by atoms with Gasteiger partial charge in [0.2, 0.25) is 0 Å². The number of hydrogen-bond acceptors (Lipinski definition) is 2. The molecule has 0 aromatic carbocycles. The van der Waals surface area contributed by atoms with Gasteiger partial charge in [0.1, 0.15) is 6.54 Å². The Morgan fingerprint density at radius 2 is 1.89 bits per heavy atom. The molecule has 0 heterocycles. The Bertz CT molecular complexity index is 324. The Hall–Kier alpha value is -1.26. The van der Waals surface area contributed by atoms with Crippen LogP contribution in [0.4, 0.5) is 4.79 Å². The van der Waals surface area contributed by atoms with Gasteiger partial charge >= 0.3 is 12.0 Å². The van der Waals surface area contributed by atoms with E-state index < -0.39 is 5.97 Å². The fourth-order valence-electron chi connectivity index (χ4n) is 2.40. The van der Waals surface area contributed by atoms with Crippen molar-refractivity contribution in [2.45, 2.75) is 45.1 Å². The van der Waals surface area contributed by atoms with Crippen LogP contribution in [0.25, 0.3) is 0 Å². The summed E-state index contributed by atoms with van der Waals surface area (Å²) in [5.74, 6) is -0.297. The second-order valence-corrected chi connectivity index (χ2v) is 5.37. The van der Waals surface area contributed by atoms with Crippen molar-refractivity contribution in [1.29, 1.82) is 0 Å². The third-order valence-corrected chi connectivity index (χ3v) is 3.89. The maximum absolute atomic E-state index is 12.4. The summed E-state index contributed by atoms with van der Waals surface area (Å²) in [4.78, 5) is 26.5. The number of rotatable bonds is 6. The summed E-state index contributed by atoms with van der Waals surface area (Å²) in [6.07, 6.45) is 5.55. The van der Waals surface area contributed by atoms with Gasteiger partial charge in [0, 0.05) is 19.1 Å². The SMILES string of the molecule is CCN(CC1CCC1)C(=O)N(CC(=O)O)C1CC1. The Labute approximate surface area is 108 Å². The van der Waals surface area contributed by atoms with Crippen molar-refractivity contribution in [2.24, 2.45) is 5.92 Å². The van der Waals surface area contributed by atoms with Crippen LogP contribution in [0, 0.1) is 5.92 Å². The molecule has 0 saturated heterocycles. The van der Waals surface area contributed by atoms with Crippen molar-refractivity contribution in [1.82, 2.24) is 9.80 Å². The first kappa shape index (κ1) is 13.2. The largest absolute Gasteiger partial charge is 0.480 e. The molecule has 0 radical (unpaired) electrons. The number of carbonyl (C=O) groups excluding carboxylic acids is 1. The van der Waals surface area contributed by atoms with Gasteiger partial charge in [0.15, 0.2) is 0 Å². The van der Waals surface area contributed by atoms with E-state index >= 15 is 0 Å². The zero-order valence-corrected chi connectivity index (χ0v) is 11.0. The molecule has 0 bridgehead atoms. The Morgan fingerprint density at radius 1 is 1.22 bits per heavy atom. The first-order valence-corrected chi connectivity index (χ1v) is 6.89. The van der Waals surface area contributed by atoms with Gasteiger partial charge in [-0.1, -0.05) is 6.42 Å². The summed E-state index contributed by atoms with van der Waals surface area (Å²) >= 11 is 0.